The van der Waals surface area contributed by atoms with E-state index >= 15 is 0 Å². The molecule has 0 amide bonds. The van der Waals surface area contributed by atoms with Crippen LogP contribution in [-0.4, -0.2) is 23.1 Å². The third-order valence-electron chi connectivity index (χ3n) is 0. The van der Waals surface area contributed by atoms with Crippen LogP contribution in [0, 0.1) is 0 Å². The second-order valence-electron chi connectivity index (χ2n) is 0. The summed E-state index contributed by atoms with van der Waals surface area (Å²) in [4.78, 5) is 0. The van der Waals surface area contributed by atoms with Crippen molar-refractivity contribution in [1.29, 1.82) is 0 Å². The summed E-state index contributed by atoms with van der Waals surface area (Å²) in [5, 5.41) is 0. The molecule has 5 heteroatoms. The van der Waals surface area contributed by atoms with Crippen LogP contribution in [0.4, 0.5) is 0 Å². The topological polar surface area (TPSA) is 0 Å². The summed E-state index contributed by atoms with van der Waals surface area (Å²) in [6, 6.07) is 0. The van der Waals surface area contributed by atoms with Crippen molar-refractivity contribution in [3.05, 3.63) is 0 Å². The second kappa shape index (κ2) is 26.9. The Morgan fingerprint density at radius 3 is 0.800 bits per heavy atom. The van der Waals surface area contributed by atoms with Crippen molar-refractivity contribution < 1.29 is 77.7 Å². The van der Waals surface area contributed by atoms with Gasteiger partial charge >= 0.3 is 23.1 Å². The van der Waals surface area contributed by atoms with Gasteiger partial charge in [-0.15, -0.1) is 0 Å². The van der Waals surface area contributed by atoms with Crippen LogP contribution >= 0.6 is 0 Å². The maximum absolute atomic E-state index is 0. The molecule has 0 N–H and O–H groups in total. The maximum Gasteiger partial charge on any atom is 0.316 e. The van der Waals surface area contributed by atoms with Crippen LogP contribution in [0.25, 0.3) is 0 Å². The first-order chi connectivity index (χ1) is 0. The predicted molar refractivity (Wildman–Crippen MR) is 8.54 cm³/mol. The van der Waals surface area contributed by atoms with Crippen molar-refractivity contribution in [3.63, 3.8) is 0 Å². The first-order valence-corrected chi connectivity index (χ1v) is 0. The van der Waals surface area contributed by atoms with Crippen LogP contribution in [0.15, 0.2) is 0 Å². The van der Waals surface area contributed by atoms with Gasteiger partial charge in [0.15, 0.2) is 0 Å². The van der Waals surface area contributed by atoms with E-state index < -0.39 is 0 Å². The smallest absolute Gasteiger partial charge is 0 e. The van der Waals surface area contributed by atoms with E-state index in [0.29, 0.717) is 0 Å². The van der Waals surface area contributed by atoms with Gasteiger partial charge in [-0.3, -0.25) is 0 Å². The van der Waals surface area contributed by atoms with Gasteiger partial charge in [-0.2, -0.15) is 0 Å². The molecule has 0 aromatic heterocycles. The fourth-order valence-corrected chi connectivity index (χ4v) is 0. The van der Waals surface area contributed by atoms with Crippen LogP contribution in [0.1, 0.15) is 0 Å². The molecule has 0 bridgehead atoms. The van der Waals surface area contributed by atoms with Crippen molar-refractivity contribution in [3.8, 4) is 0 Å². The van der Waals surface area contributed by atoms with Crippen molar-refractivity contribution in [1.82, 2.24) is 0 Å². The molecule has 0 aliphatic carbocycles. The fourth-order valence-electron chi connectivity index (χ4n) is 0. The third-order valence-corrected chi connectivity index (χ3v) is 0. The summed E-state index contributed by atoms with van der Waals surface area (Å²) in [5.41, 5.74) is 0. The molecule has 0 heterocycles. The zero-order chi connectivity index (χ0) is 0. The zero-order valence-corrected chi connectivity index (χ0v) is 7.13. The minimum Gasteiger partial charge on any atom is 0 e. The molecule has 0 aliphatic rings. The largest absolute Gasteiger partial charge is 0.316 e. The normalized spacial score (nSPS) is 0. The van der Waals surface area contributed by atoms with Gasteiger partial charge in [0.25, 0.3) is 0 Å². The average Bonchev–Trinajstić information content (AvgIpc) is 0. The van der Waals surface area contributed by atoms with Gasteiger partial charge in [-0.05, 0) is 0 Å². The summed E-state index contributed by atoms with van der Waals surface area (Å²) in [6.07, 6.45) is 0. The number of hydrogen-bond donors (Lipinski definition) is 0. The zero-order valence-electron chi connectivity index (χ0n) is 1.51. The van der Waals surface area contributed by atoms with Gasteiger partial charge < -0.3 is 0 Å². The Morgan fingerprint density at radius 1 is 0.800 bits per heavy atom. The molecule has 0 atom stereocenters. The minimum atomic E-state index is 0. The molecule has 36 valence electrons. The fraction of sp³-hybridized carbons (Fsp3) is 0. The Hall–Kier alpha value is 3.22. The van der Waals surface area contributed by atoms with Gasteiger partial charge in [0.2, 0.25) is 0 Å². The molecule has 2 radical (unpaired) electrons. The summed E-state index contributed by atoms with van der Waals surface area (Å²) in [6.45, 7) is 0. The van der Waals surface area contributed by atoms with Gasteiger partial charge in [0.05, 0.1) is 0 Å². The Labute approximate surface area is 99.0 Å². The van der Waals surface area contributed by atoms with E-state index in [1.807, 2.05) is 0 Å². The molecule has 0 unspecified atom stereocenters. The minimum absolute atomic E-state index is 0. The average molecular weight is 297 g/mol. The Morgan fingerprint density at radius 2 is 0.800 bits per heavy atom. The molecular formula is H2CrCu2MgZr. The Bertz CT molecular complexity index is 9.61. The predicted octanol–water partition coefficient (Wildman–Crippen LogP) is -0.926. The van der Waals surface area contributed by atoms with Crippen molar-refractivity contribution in [2.75, 3.05) is 0 Å². The van der Waals surface area contributed by atoms with Crippen molar-refractivity contribution in [2.45, 2.75) is 0 Å². The van der Waals surface area contributed by atoms with Gasteiger partial charge in [0.1, 0.15) is 0 Å². The van der Waals surface area contributed by atoms with Crippen LogP contribution in [0.5, 0.6) is 0 Å². The SMILES string of the molecule is [Cr].[Cu].[Cu].[MgH2].[Zr]. The molecule has 0 aromatic carbocycles. The molecule has 0 saturated heterocycles. The van der Waals surface area contributed by atoms with Crippen LogP contribution in [-0.2, 0) is 77.7 Å². The molecule has 0 aliphatic heterocycles. The van der Waals surface area contributed by atoms with E-state index in [4.69, 9.17) is 0 Å². The second-order valence-corrected chi connectivity index (χ2v) is 0. The molecule has 0 aromatic rings. The monoisotopic (exact) mass is 294 g/mol. The standard InChI is InChI=1S/Cr.2Cu.Mg.Zr.2H. The first-order valence-electron chi connectivity index (χ1n) is 0. The summed E-state index contributed by atoms with van der Waals surface area (Å²) >= 11 is 0. The quantitative estimate of drug-likeness (QED) is 0.507. The molecule has 0 rings (SSSR count). The van der Waals surface area contributed by atoms with E-state index in [1.165, 1.54) is 0 Å². The Balaban J connectivity index is 0. The van der Waals surface area contributed by atoms with Crippen molar-refractivity contribution in [2.24, 2.45) is 0 Å². The summed E-state index contributed by atoms with van der Waals surface area (Å²) in [7, 11) is 0. The maximum atomic E-state index is 0. The van der Waals surface area contributed by atoms with Crippen LogP contribution in [0.2, 0.25) is 0 Å². The van der Waals surface area contributed by atoms with Gasteiger partial charge in [-0.25, -0.2) is 0 Å². The molecule has 0 saturated carbocycles. The van der Waals surface area contributed by atoms with E-state index in [0.717, 1.165) is 0 Å². The number of rotatable bonds is 0. The van der Waals surface area contributed by atoms with Crippen LogP contribution in [0.3, 0.4) is 0 Å². The third kappa shape index (κ3) is 19.0. The number of hydrogen-bond acceptors (Lipinski definition) is 0. The van der Waals surface area contributed by atoms with E-state index in [9.17, 15) is 0 Å². The van der Waals surface area contributed by atoms with Crippen LogP contribution < -0.4 is 0 Å². The first kappa shape index (κ1) is 41.3. The molecular weight excluding hydrogens is 295 g/mol. The molecule has 0 nitrogen and oxygen atoms in total. The summed E-state index contributed by atoms with van der Waals surface area (Å²) in [5.74, 6) is 0. The molecule has 0 fully saturated rings. The summed E-state index contributed by atoms with van der Waals surface area (Å²) < 4.78 is 0. The molecule has 5 heavy (non-hydrogen) atoms. The Kier molecular flexibility index (Phi) is 223. The van der Waals surface area contributed by atoms with E-state index in [2.05, 4.69) is 0 Å². The van der Waals surface area contributed by atoms with Crippen molar-refractivity contribution >= 4 is 23.1 Å². The van der Waals surface area contributed by atoms with E-state index in [-0.39, 0.29) is 101 Å². The van der Waals surface area contributed by atoms with Gasteiger partial charge in [-0.1, -0.05) is 0 Å². The van der Waals surface area contributed by atoms with E-state index in [1.54, 1.807) is 0 Å². The molecule has 0 spiro atoms. The van der Waals surface area contributed by atoms with Gasteiger partial charge in [0, 0.05) is 77.7 Å².